The van der Waals surface area contributed by atoms with Gasteiger partial charge in [0.15, 0.2) is 0 Å². The highest BCUT2D eigenvalue weighted by Gasteiger charge is 2.05. The summed E-state index contributed by atoms with van der Waals surface area (Å²) in [5.74, 6) is -0.0488. The van der Waals surface area contributed by atoms with Crippen LogP contribution in [0, 0.1) is 12.7 Å². The van der Waals surface area contributed by atoms with Crippen LogP contribution in [0.3, 0.4) is 0 Å². The van der Waals surface area contributed by atoms with Crippen molar-refractivity contribution in [3.8, 4) is 11.8 Å². The van der Waals surface area contributed by atoms with Gasteiger partial charge in [-0.15, -0.1) is 0 Å². The lowest BCUT2D eigenvalue weighted by Gasteiger charge is -2.06. The van der Waals surface area contributed by atoms with Crippen molar-refractivity contribution in [1.82, 2.24) is 9.97 Å². The lowest BCUT2D eigenvalue weighted by molar-refractivity contribution is 0.279. The Kier molecular flexibility index (Phi) is 3.30. The molecule has 0 unspecified atom stereocenters. The molecular weight excluding hydrogens is 223 g/mol. The van der Waals surface area contributed by atoms with Crippen molar-refractivity contribution in [3.63, 3.8) is 0 Å². The van der Waals surface area contributed by atoms with Gasteiger partial charge in [0.1, 0.15) is 11.6 Å². The van der Waals surface area contributed by atoms with E-state index >= 15 is 0 Å². The zero-order chi connectivity index (χ0) is 12.3. The highest BCUT2D eigenvalue weighted by atomic mass is 19.1. The zero-order valence-electron chi connectivity index (χ0n) is 9.22. The SMILES string of the molecule is Cc1nc(Oc2cccc(F)c2)ncc1CO. The second-order valence-corrected chi connectivity index (χ2v) is 3.48. The number of aromatic nitrogens is 2. The summed E-state index contributed by atoms with van der Waals surface area (Å²) in [5.41, 5.74) is 1.27. The van der Waals surface area contributed by atoms with Gasteiger partial charge in [0.05, 0.1) is 12.3 Å². The minimum absolute atomic E-state index is 0.119. The van der Waals surface area contributed by atoms with Crippen molar-refractivity contribution in [2.45, 2.75) is 13.5 Å². The van der Waals surface area contributed by atoms with Crippen LogP contribution >= 0.6 is 0 Å². The van der Waals surface area contributed by atoms with Crippen LogP contribution in [0.4, 0.5) is 4.39 Å². The molecule has 0 atom stereocenters. The average molecular weight is 234 g/mol. The molecule has 1 aromatic carbocycles. The van der Waals surface area contributed by atoms with E-state index < -0.39 is 0 Å². The summed E-state index contributed by atoms with van der Waals surface area (Å²) in [5, 5.41) is 8.97. The van der Waals surface area contributed by atoms with E-state index in [1.807, 2.05) is 0 Å². The monoisotopic (exact) mass is 234 g/mol. The smallest absolute Gasteiger partial charge is 0.322 e. The Morgan fingerprint density at radius 3 is 2.88 bits per heavy atom. The van der Waals surface area contributed by atoms with E-state index in [1.165, 1.54) is 18.3 Å². The van der Waals surface area contributed by atoms with Crippen molar-refractivity contribution >= 4 is 0 Å². The van der Waals surface area contributed by atoms with Crippen molar-refractivity contribution < 1.29 is 14.2 Å². The van der Waals surface area contributed by atoms with E-state index in [9.17, 15) is 4.39 Å². The summed E-state index contributed by atoms with van der Waals surface area (Å²) in [6.07, 6.45) is 1.48. The van der Waals surface area contributed by atoms with Crippen LogP contribution in [0.5, 0.6) is 11.8 Å². The summed E-state index contributed by atoms with van der Waals surface area (Å²) in [6.45, 7) is 1.62. The standard InChI is InChI=1S/C12H11FN2O2/c1-8-9(7-16)6-14-12(15-8)17-11-4-2-3-10(13)5-11/h2-6,16H,7H2,1H3. The van der Waals surface area contributed by atoms with E-state index in [1.54, 1.807) is 19.1 Å². The topological polar surface area (TPSA) is 55.2 Å². The van der Waals surface area contributed by atoms with E-state index in [0.717, 1.165) is 0 Å². The molecule has 0 aliphatic rings. The number of halogens is 1. The molecule has 0 bridgehead atoms. The van der Waals surface area contributed by atoms with Gasteiger partial charge >= 0.3 is 6.01 Å². The van der Waals surface area contributed by atoms with Crippen LogP contribution in [0.15, 0.2) is 30.5 Å². The third kappa shape index (κ3) is 2.76. The van der Waals surface area contributed by atoms with Crippen molar-refractivity contribution in [3.05, 3.63) is 47.5 Å². The van der Waals surface area contributed by atoms with Crippen molar-refractivity contribution in [2.24, 2.45) is 0 Å². The van der Waals surface area contributed by atoms with E-state index in [-0.39, 0.29) is 18.4 Å². The molecule has 0 spiro atoms. The van der Waals surface area contributed by atoms with Gasteiger partial charge in [-0.1, -0.05) is 6.07 Å². The molecule has 0 saturated heterocycles. The summed E-state index contributed by atoms with van der Waals surface area (Å²) in [4.78, 5) is 7.97. The molecule has 0 radical (unpaired) electrons. The lowest BCUT2D eigenvalue weighted by Crippen LogP contribution is -1.98. The molecule has 2 aromatic rings. The Morgan fingerprint density at radius 1 is 1.41 bits per heavy atom. The van der Waals surface area contributed by atoms with Gasteiger partial charge in [-0.05, 0) is 19.1 Å². The van der Waals surface area contributed by atoms with Crippen LogP contribution in [0.1, 0.15) is 11.3 Å². The fourth-order valence-corrected chi connectivity index (χ4v) is 1.31. The van der Waals surface area contributed by atoms with Crippen molar-refractivity contribution in [1.29, 1.82) is 0 Å². The number of benzene rings is 1. The molecule has 0 aliphatic heterocycles. The predicted molar refractivity (Wildman–Crippen MR) is 59.2 cm³/mol. The molecule has 4 nitrogen and oxygen atoms in total. The second kappa shape index (κ2) is 4.88. The first-order valence-electron chi connectivity index (χ1n) is 5.06. The van der Waals surface area contributed by atoms with E-state index in [4.69, 9.17) is 9.84 Å². The maximum Gasteiger partial charge on any atom is 0.322 e. The van der Waals surface area contributed by atoms with Crippen LogP contribution in [-0.2, 0) is 6.61 Å². The van der Waals surface area contributed by atoms with Crippen molar-refractivity contribution in [2.75, 3.05) is 0 Å². The van der Waals surface area contributed by atoms with E-state index in [0.29, 0.717) is 17.0 Å². The predicted octanol–water partition coefficient (Wildman–Crippen LogP) is 2.21. The number of aryl methyl sites for hydroxylation is 1. The molecule has 0 amide bonds. The van der Waals surface area contributed by atoms with Gasteiger partial charge in [-0.2, -0.15) is 4.98 Å². The molecule has 2 rings (SSSR count). The molecule has 88 valence electrons. The molecule has 0 saturated carbocycles. The van der Waals surface area contributed by atoms with Crippen LogP contribution < -0.4 is 4.74 Å². The van der Waals surface area contributed by atoms with Gasteiger partial charge < -0.3 is 9.84 Å². The summed E-state index contributed by atoms with van der Waals surface area (Å²) in [6, 6.07) is 5.86. The highest BCUT2D eigenvalue weighted by molar-refractivity contribution is 5.26. The molecule has 5 heteroatoms. The van der Waals surface area contributed by atoms with Gasteiger partial charge in [0, 0.05) is 17.8 Å². The Bertz CT molecular complexity index is 532. The number of hydrogen-bond donors (Lipinski definition) is 1. The lowest BCUT2D eigenvalue weighted by atomic mass is 10.3. The number of aliphatic hydroxyl groups is 1. The number of aliphatic hydroxyl groups excluding tert-OH is 1. The van der Waals surface area contributed by atoms with Crippen LogP contribution in [0.25, 0.3) is 0 Å². The maximum atomic E-state index is 12.9. The molecule has 1 N–H and O–H groups in total. The van der Waals surface area contributed by atoms with Crippen LogP contribution in [-0.4, -0.2) is 15.1 Å². The van der Waals surface area contributed by atoms with Gasteiger partial charge in [-0.25, -0.2) is 9.37 Å². The zero-order valence-corrected chi connectivity index (χ0v) is 9.22. The maximum absolute atomic E-state index is 12.9. The minimum Gasteiger partial charge on any atom is -0.424 e. The molecule has 0 aliphatic carbocycles. The first-order valence-corrected chi connectivity index (χ1v) is 5.06. The third-order valence-electron chi connectivity index (χ3n) is 2.23. The normalized spacial score (nSPS) is 10.3. The minimum atomic E-state index is -0.383. The second-order valence-electron chi connectivity index (χ2n) is 3.48. The summed E-state index contributed by atoms with van der Waals surface area (Å²) < 4.78 is 18.2. The Balaban J connectivity index is 2.22. The van der Waals surface area contributed by atoms with Gasteiger partial charge in [0.25, 0.3) is 0 Å². The third-order valence-corrected chi connectivity index (χ3v) is 2.23. The molecule has 1 aromatic heterocycles. The highest BCUT2D eigenvalue weighted by Crippen LogP contribution is 2.19. The first-order chi connectivity index (χ1) is 8.19. The Hall–Kier alpha value is -2.01. The quantitative estimate of drug-likeness (QED) is 0.884. The largest absolute Gasteiger partial charge is 0.424 e. The summed E-state index contributed by atoms with van der Waals surface area (Å²) in [7, 11) is 0. The van der Waals surface area contributed by atoms with Crippen LogP contribution in [0.2, 0.25) is 0 Å². The Morgan fingerprint density at radius 2 is 2.24 bits per heavy atom. The Labute approximate surface area is 97.7 Å². The molecular formula is C12H11FN2O2. The fraction of sp³-hybridized carbons (Fsp3) is 0.167. The van der Waals surface area contributed by atoms with E-state index in [2.05, 4.69) is 9.97 Å². The molecule has 0 fully saturated rings. The molecule has 1 heterocycles. The fourth-order valence-electron chi connectivity index (χ4n) is 1.31. The summed E-state index contributed by atoms with van der Waals surface area (Å²) >= 11 is 0. The number of nitrogens with zero attached hydrogens (tertiary/aromatic N) is 2. The van der Waals surface area contributed by atoms with Gasteiger partial charge in [0.2, 0.25) is 0 Å². The first kappa shape index (κ1) is 11.5. The average Bonchev–Trinajstić information content (AvgIpc) is 2.29. The number of rotatable bonds is 3. The number of hydrogen-bond acceptors (Lipinski definition) is 4. The van der Waals surface area contributed by atoms with Gasteiger partial charge in [-0.3, -0.25) is 0 Å². The number of ether oxygens (including phenoxy) is 1. The molecule has 17 heavy (non-hydrogen) atoms.